The van der Waals surface area contributed by atoms with E-state index in [0.717, 1.165) is 38.5 Å². The molecule has 2 aromatic carbocycles. The summed E-state index contributed by atoms with van der Waals surface area (Å²) in [4.78, 5) is 2.49. The van der Waals surface area contributed by atoms with Gasteiger partial charge in [0.05, 0.1) is 0 Å². The molecule has 1 fully saturated rings. The largest absolute Gasteiger partial charge is 0.491 e. The molecule has 3 rings (SSSR count). The summed E-state index contributed by atoms with van der Waals surface area (Å²) >= 11 is 0. The zero-order chi connectivity index (χ0) is 13.8. The van der Waals surface area contributed by atoms with Gasteiger partial charge in [-0.15, -0.1) is 0 Å². The number of ether oxygens (including phenoxy) is 1. The molecule has 1 N–H and O–H groups in total. The van der Waals surface area contributed by atoms with Crippen molar-refractivity contribution in [3.8, 4) is 5.75 Å². The molecule has 0 radical (unpaired) electrons. The first-order valence-electron chi connectivity index (χ1n) is 7.40. The number of benzene rings is 2. The standard InChI is InChI=1S/C17H22N2O/c1-14(19-11-9-18-10-12-19)13-20-17-8-4-6-15-5-2-3-7-16(15)17/h2-8,14,18H,9-13H2,1H3. The molecule has 1 unspecified atom stereocenters. The summed E-state index contributed by atoms with van der Waals surface area (Å²) in [5.41, 5.74) is 0. The highest BCUT2D eigenvalue weighted by Gasteiger charge is 2.17. The van der Waals surface area contributed by atoms with Crippen LogP contribution in [0, 0.1) is 0 Å². The summed E-state index contributed by atoms with van der Waals surface area (Å²) in [5, 5.41) is 5.82. The average molecular weight is 270 g/mol. The SMILES string of the molecule is CC(COc1cccc2ccccc12)N1CCNCC1. The maximum absolute atomic E-state index is 6.07. The topological polar surface area (TPSA) is 24.5 Å². The normalized spacial score (nSPS) is 18.1. The third-order valence-electron chi connectivity index (χ3n) is 4.00. The monoisotopic (exact) mass is 270 g/mol. The van der Waals surface area contributed by atoms with Crippen LogP contribution in [0.4, 0.5) is 0 Å². The van der Waals surface area contributed by atoms with Crippen molar-refractivity contribution < 1.29 is 4.74 Å². The van der Waals surface area contributed by atoms with E-state index in [1.807, 2.05) is 0 Å². The molecule has 1 aliphatic rings. The van der Waals surface area contributed by atoms with Crippen LogP contribution in [0.2, 0.25) is 0 Å². The molecule has 106 valence electrons. The molecule has 3 heteroatoms. The molecule has 0 amide bonds. The summed E-state index contributed by atoms with van der Waals surface area (Å²) in [6, 6.07) is 15.1. The molecule has 0 aromatic heterocycles. The second-order valence-electron chi connectivity index (χ2n) is 5.42. The van der Waals surface area contributed by atoms with E-state index in [0.29, 0.717) is 6.04 Å². The minimum Gasteiger partial charge on any atom is -0.491 e. The van der Waals surface area contributed by atoms with E-state index in [4.69, 9.17) is 4.74 Å². The van der Waals surface area contributed by atoms with Crippen molar-refractivity contribution in [1.29, 1.82) is 0 Å². The van der Waals surface area contributed by atoms with Gasteiger partial charge in [0, 0.05) is 37.6 Å². The molecule has 20 heavy (non-hydrogen) atoms. The maximum atomic E-state index is 6.07. The molecule has 1 saturated heterocycles. The molecule has 1 heterocycles. The number of rotatable bonds is 4. The van der Waals surface area contributed by atoms with Crippen molar-refractivity contribution in [3.05, 3.63) is 42.5 Å². The van der Waals surface area contributed by atoms with Gasteiger partial charge in [-0.3, -0.25) is 4.90 Å². The van der Waals surface area contributed by atoms with Crippen molar-refractivity contribution in [2.24, 2.45) is 0 Å². The van der Waals surface area contributed by atoms with Gasteiger partial charge in [-0.1, -0.05) is 36.4 Å². The van der Waals surface area contributed by atoms with E-state index in [-0.39, 0.29) is 0 Å². The van der Waals surface area contributed by atoms with Crippen LogP contribution in [0.3, 0.4) is 0 Å². The predicted molar refractivity (Wildman–Crippen MR) is 83.3 cm³/mol. The van der Waals surface area contributed by atoms with Crippen molar-refractivity contribution >= 4 is 10.8 Å². The van der Waals surface area contributed by atoms with E-state index in [2.05, 4.69) is 59.6 Å². The summed E-state index contributed by atoms with van der Waals surface area (Å²) in [7, 11) is 0. The molecule has 1 atom stereocenters. The van der Waals surface area contributed by atoms with E-state index in [9.17, 15) is 0 Å². The Bertz CT molecular complexity index is 558. The molecule has 0 bridgehead atoms. The number of nitrogens with zero attached hydrogens (tertiary/aromatic N) is 1. The Hall–Kier alpha value is -1.58. The minimum atomic E-state index is 0.455. The van der Waals surface area contributed by atoms with Gasteiger partial charge in [-0.25, -0.2) is 0 Å². The van der Waals surface area contributed by atoms with Crippen molar-refractivity contribution in [3.63, 3.8) is 0 Å². The summed E-state index contributed by atoms with van der Waals surface area (Å²) < 4.78 is 6.07. The molecular formula is C17H22N2O. The molecule has 2 aromatic rings. The van der Waals surface area contributed by atoms with E-state index >= 15 is 0 Å². The van der Waals surface area contributed by atoms with Gasteiger partial charge in [0.25, 0.3) is 0 Å². The van der Waals surface area contributed by atoms with Gasteiger partial charge in [-0.05, 0) is 18.4 Å². The summed E-state index contributed by atoms with van der Waals surface area (Å²) in [6.07, 6.45) is 0. The molecule has 0 aliphatic carbocycles. The number of hydrogen-bond acceptors (Lipinski definition) is 3. The summed E-state index contributed by atoms with van der Waals surface area (Å²) in [5.74, 6) is 0.991. The Morgan fingerprint density at radius 1 is 1.10 bits per heavy atom. The Morgan fingerprint density at radius 3 is 2.70 bits per heavy atom. The number of fused-ring (bicyclic) bond motifs is 1. The lowest BCUT2D eigenvalue weighted by Crippen LogP contribution is -2.49. The van der Waals surface area contributed by atoms with E-state index in [1.165, 1.54) is 10.8 Å². The van der Waals surface area contributed by atoms with Crippen LogP contribution < -0.4 is 10.1 Å². The van der Waals surface area contributed by atoms with Gasteiger partial charge in [-0.2, -0.15) is 0 Å². The van der Waals surface area contributed by atoms with Crippen LogP contribution in [-0.2, 0) is 0 Å². The molecule has 1 aliphatic heterocycles. The number of nitrogens with one attached hydrogen (secondary N) is 1. The fourth-order valence-electron chi connectivity index (χ4n) is 2.76. The molecule has 0 saturated carbocycles. The highest BCUT2D eigenvalue weighted by Crippen LogP contribution is 2.25. The van der Waals surface area contributed by atoms with Gasteiger partial charge in [0.15, 0.2) is 0 Å². The van der Waals surface area contributed by atoms with E-state index < -0.39 is 0 Å². The fourth-order valence-corrected chi connectivity index (χ4v) is 2.76. The fraction of sp³-hybridized carbons (Fsp3) is 0.412. The first kappa shape index (κ1) is 13.4. The first-order chi connectivity index (χ1) is 9.84. The van der Waals surface area contributed by atoms with Gasteiger partial charge in [0.2, 0.25) is 0 Å². The smallest absolute Gasteiger partial charge is 0.127 e. The Morgan fingerprint density at radius 2 is 1.85 bits per heavy atom. The molecular weight excluding hydrogens is 248 g/mol. The van der Waals surface area contributed by atoms with Crippen molar-refractivity contribution in [2.75, 3.05) is 32.8 Å². The minimum absolute atomic E-state index is 0.455. The highest BCUT2D eigenvalue weighted by molar-refractivity contribution is 5.88. The maximum Gasteiger partial charge on any atom is 0.127 e. The lowest BCUT2D eigenvalue weighted by Gasteiger charge is -2.32. The van der Waals surface area contributed by atoms with Crippen LogP contribution in [0.5, 0.6) is 5.75 Å². The lowest BCUT2D eigenvalue weighted by atomic mass is 10.1. The van der Waals surface area contributed by atoms with Crippen LogP contribution in [-0.4, -0.2) is 43.7 Å². The number of hydrogen-bond donors (Lipinski definition) is 1. The first-order valence-corrected chi connectivity index (χ1v) is 7.40. The predicted octanol–water partition coefficient (Wildman–Crippen LogP) is 2.51. The third-order valence-corrected chi connectivity index (χ3v) is 4.00. The lowest BCUT2D eigenvalue weighted by molar-refractivity contribution is 0.133. The molecule has 0 spiro atoms. The van der Waals surface area contributed by atoms with E-state index in [1.54, 1.807) is 0 Å². The van der Waals surface area contributed by atoms with Gasteiger partial charge >= 0.3 is 0 Å². The highest BCUT2D eigenvalue weighted by atomic mass is 16.5. The van der Waals surface area contributed by atoms with Crippen LogP contribution in [0.1, 0.15) is 6.92 Å². The summed E-state index contributed by atoms with van der Waals surface area (Å²) in [6.45, 7) is 7.38. The van der Waals surface area contributed by atoms with Crippen LogP contribution in [0.15, 0.2) is 42.5 Å². The molecule has 3 nitrogen and oxygen atoms in total. The average Bonchev–Trinajstić information content (AvgIpc) is 2.53. The quantitative estimate of drug-likeness (QED) is 0.924. The second-order valence-corrected chi connectivity index (χ2v) is 5.42. The van der Waals surface area contributed by atoms with Crippen molar-refractivity contribution in [1.82, 2.24) is 10.2 Å². The third kappa shape index (κ3) is 2.94. The Balaban J connectivity index is 1.67. The van der Waals surface area contributed by atoms with Crippen LogP contribution in [0.25, 0.3) is 10.8 Å². The number of piperazine rings is 1. The van der Waals surface area contributed by atoms with Crippen LogP contribution >= 0.6 is 0 Å². The second kappa shape index (κ2) is 6.25. The zero-order valence-electron chi connectivity index (χ0n) is 12.0. The zero-order valence-corrected chi connectivity index (χ0v) is 12.0. The van der Waals surface area contributed by atoms with Gasteiger partial charge in [0.1, 0.15) is 12.4 Å². The Kier molecular flexibility index (Phi) is 4.19. The van der Waals surface area contributed by atoms with Crippen molar-refractivity contribution in [2.45, 2.75) is 13.0 Å². The van der Waals surface area contributed by atoms with Gasteiger partial charge < -0.3 is 10.1 Å². The Labute approximate surface area is 120 Å².